The first kappa shape index (κ1) is 17.3. The predicted molar refractivity (Wildman–Crippen MR) is 106 cm³/mol. The molecule has 5 rings (SSSR count). The first-order valence-corrected chi connectivity index (χ1v) is 10.00. The topological polar surface area (TPSA) is 68.7 Å². The van der Waals surface area contributed by atoms with E-state index in [1.807, 2.05) is 30.3 Å². The molecule has 6 nitrogen and oxygen atoms in total. The number of likely N-dealkylation sites (tertiary alicyclic amines) is 1. The second-order valence-corrected chi connectivity index (χ2v) is 7.57. The average Bonchev–Trinajstić information content (AvgIpc) is 3.03. The van der Waals surface area contributed by atoms with Gasteiger partial charge in [0, 0.05) is 24.8 Å². The maximum Gasteiger partial charge on any atom is 0.258 e. The fourth-order valence-electron chi connectivity index (χ4n) is 4.36. The van der Waals surface area contributed by atoms with Crippen LogP contribution in [0.5, 0.6) is 11.5 Å². The largest absolute Gasteiger partial charge is 0.490 e. The maximum atomic E-state index is 12.4. The van der Waals surface area contributed by atoms with E-state index in [1.54, 1.807) is 0 Å². The van der Waals surface area contributed by atoms with Gasteiger partial charge in [0.1, 0.15) is 12.6 Å². The molecule has 1 unspecified atom stereocenters. The van der Waals surface area contributed by atoms with Gasteiger partial charge in [-0.05, 0) is 30.3 Å². The zero-order valence-corrected chi connectivity index (χ0v) is 15.7. The highest BCUT2D eigenvalue weighted by atomic mass is 16.5. The molecule has 3 aromatic rings. The Kier molecular flexibility index (Phi) is 4.49. The van der Waals surface area contributed by atoms with Gasteiger partial charge in [0.05, 0.1) is 30.7 Å². The zero-order valence-electron chi connectivity index (χ0n) is 15.7. The SMILES string of the molecule is O=c1[nH]c(C[NH+]2CCC[C@@H]2c2ccc3c(c2)OCCCO3)nc2ccccc12. The Morgan fingerprint density at radius 2 is 1.93 bits per heavy atom. The molecule has 28 heavy (non-hydrogen) atoms. The number of fused-ring (bicyclic) bond motifs is 2. The van der Waals surface area contributed by atoms with Crippen LogP contribution in [0.3, 0.4) is 0 Å². The first-order valence-electron chi connectivity index (χ1n) is 10.00. The number of nitrogens with zero attached hydrogens (tertiary/aromatic N) is 1. The number of aromatic amines is 1. The molecular weight excluding hydrogens is 354 g/mol. The molecule has 2 aromatic carbocycles. The van der Waals surface area contributed by atoms with Crippen LogP contribution >= 0.6 is 0 Å². The van der Waals surface area contributed by atoms with Crippen molar-refractivity contribution in [2.45, 2.75) is 31.8 Å². The van der Waals surface area contributed by atoms with E-state index in [2.05, 4.69) is 22.1 Å². The Balaban J connectivity index is 1.42. The summed E-state index contributed by atoms with van der Waals surface area (Å²) in [6.45, 7) is 3.17. The number of para-hydroxylation sites is 1. The lowest BCUT2D eigenvalue weighted by Crippen LogP contribution is -3.09. The molecule has 0 amide bonds. The number of hydrogen-bond acceptors (Lipinski definition) is 4. The fourth-order valence-corrected chi connectivity index (χ4v) is 4.36. The van der Waals surface area contributed by atoms with Crippen LogP contribution in [0.2, 0.25) is 0 Å². The summed E-state index contributed by atoms with van der Waals surface area (Å²) in [5.74, 6) is 2.43. The summed E-state index contributed by atoms with van der Waals surface area (Å²) in [7, 11) is 0. The highest BCUT2D eigenvalue weighted by Gasteiger charge is 2.31. The Labute approximate surface area is 163 Å². The molecule has 1 saturated heterocycles. The minimum atomic E-state index is -0.0636. The molecule has 2 aliphatic heterocycles. The lowest BCUT2D eigenvalue weighted by Gasteiger charge is -2.22. The number of aromatic nitrogens is 2. The van der Waals surface area contributed by atoms with Crippen LogP contribution in [0.15, 0.2) is 47.3 Å². The van der Waals surface area contributed by atoms with Gasteiger partial charge in [-0.2, -0.15) is 0 Å². The molecular formula is C22H24N3O3+. The lowest BCUT2D eigenvalue weighted by atomic mass is 10.0. The second-order valence-electron chi connectivity index (χ2n) is 7.57. The van der Waals surface area contributed by atoms with Gasteiger partial charge in [-0.25, -0.2) is 4.98 Å². The maximum absolute atomic E-state index is 12.4. The van der Waals surface area contributed by atoms with Crippen molar-refractivity contribution in [2.75, 3.05) is 19.8 Å². The van der Waals surface area contributed by atoms with Crippen LogP contribution in [0.1, 0.15) is 36.7 Å². The van der Waals surface area contributed by atoms with Gasteiger partial charge >= 0.3 is 0 Å². The van der Waals surface area contributed by atoms with Crippen molar-refractivity contribution < 1.29 is 14.4 Å². The third kappa shape index (κ3) is 3.24. The monoisotopic (exact) mass is 378 g/mol. The van der Waals surface area contributed by atoms with Crippen molar-refractivity contribution in [1.29, 1.82) is 0 Å². The van der Waals surface area contributed by atoms with Crippen LogP contribution in [-0.4, -0.2) is 29.7 Å². The van der Waals surface area contributed by atoms with Crippen LogP contribution in [-0.2, 0) is 6.54 Å². The summed E-state index contributed by atoms with van der Waals surface area (Å²) in [5, 5.41) is 0.641. The number of nitrogens with one attached hydrogen (secondary N) is 2. The van der Waals surface area contributed by atoms with Crippen molar-refractivity contribution >= 4 is 10.9 Å². The fraction of sp³-hybridized carbons (Fsp3) is 0.364. The lowest BCUT2D eigenvalue weighted by molar-refractivity contribution is -0.932. The highest BCUT2D eigenvalue weighted by Crippen LogP contribution is 2.33. The smallest absolute Gasteiger partial charge is 0.258 e. The Hall–Kier alpha value is -2.86. The average molecular weight is 378 g/mol. The minimum Gasteiger partial charge on any atom is -0.490 e. The predicted octanol–water partition coefficient (Wildman–Crippen LogP) is 2.00. The Morgan fingerprint density at radius 1 is 1.07 bits per heavy atom. The second kappa shape index (κ2) is 7.28. The van der Waals surface area contributed by atoms with Crippen LogP contribution in [0.25, 0.3) is 10.9 Å². The van der Waals surface area contributed by atoms with Crippen molar-refractivity contribution in [2.24, 2.45) is 0 Å². The van der Waals surface area contributed by atoms with Gasteiger partial charge in [-0.1, -0.05) is 12.1 Å². The number of H-pyrrole nitrogens is 1. The van der Waals surface area contributed by atoms with E-state index < -0.39 is 0 Å². The number of ether oxygens (including phenoxy) is 2. The summed E-state index contributed by atoms with van der Waals surface area (Å²) >= 11 is 0. The number of rotatable bonds is 3. The summed E-state index contributed by atoms with van der Waals surface area (Å²) < 4.78 is 11.6. The standard InChI is InChI=1S/C22H23N3O3/c26-22-16-5-1-2-6-17(16)23-21(24-22)14-25-10-3-7-18(25)15-8-9-19-20(13-15)28-12-4-11-27-19/h1-2,5-6,8-9,13,18H,3-4,7,10-12,14H2,(H,23,24,26)/p+1/t18-/m1/s1. The van der Waals surface area contributed by atoms with Crippen LogP contribution in [0.4, 0.5) is 0 Å². The van der Waals surface area contributed by atoms with Crippen molar-refractivity contribution in [3.05, 3.63) is 64.2 Å². The third-order valence-electron chi connectivity index (χ3n) is 5.71. The van der Waals surface area contributed by atoms with Crippen molar-refractivity contribution in [1.82, 2.24) is 9.97 Å². The molecule has 0 aliphatic carbocycles. The Morgan fingerprint density at radius 3 is 2.86 bits per heavy atom. The van der Waals surface area contributed by atoms with E-state index in [-0.39, 0.29) is 5.56 Å². The van der Waals surface area contributed by atoms with Gasteiger partial charge in [0.2, 0.25) is 0 Å². The molecule has 2 aliphatic rings. The number of benzene rings is 2. The third-order valence-corrected chi connectivity index (χ3v) is 5.71. The summed E-state index contributed by atoms with van der Waals surface area (Å²) in [5.41, 5.74) is 1.96. The molecule has 1 aromatic heterocycles. The van der Waals surface area contributed by atoms with Gasteiger partial charge in [0.25, 0.3) is 5.56 Å². The number of hydrogen-bond donors (Lipinski definition) is 2. The van der Waals surface area contributed by atoms with E-state index in [0.717, 1.165) is 48.6 Å². The molecule has 1 fully saturated rings. The first-order chi connectivity index (χ1) is 13.8. The highest BCUT2D eigenvalue weighted by molar-refractivity contribution is 5.77. The molecule has 3 heterocycles. The summed E-state index contributed by atoms with van der Waals surface area (Å²) in [4.78, 5) is 21.5. The van der Waals surface area contributed by atoms with Gasteiger partial charge in [-0.3, -0.25) is 4.79 Å². The normalized spacial score (nSPS) is 21.6. The molecule has 0 spiro atoms. The molecule has 144 valence electrons. The molecule has 0 saturated carbocycles. The molecule has 0 radical (unpaired) electrons. The summed E-state index contributed by atoms with van der Waals surface area (Å²) in [6, 6.07) is 14.2. The van der Waals surface area contributed by atoms with E-state index >= 15 is 0 Å². The molecule has 6 heteroatoms. The minimum absolute atomic E-state index is 0.0636. The van der Waals surface area contributed by atoms with E-state index in [9.17, 15) is 4.79 Å². The molecule has 0 bridgehead atoms. The number of quaternary nitrogens is 1. The Bertz CT molecular complexity index is 1060. The van der Waals surface area contributed by atoms with E-state index in [4.69, 9.17) is 9.47 Å². The van der Waals surface area contributed by atoms with Crippen LogP contribution in [0, 0.1) is 0 Å². The molecule has 2 atom stereocenters. The van der Waals surface area contributed by atoms with Crippen LogP contribution < -0.4 is 19.9 Å². The van der Waals surface area contributed by atoms with Crippen molar-refractivity contribution in [3.8, 4) is 11.5 Å². The van der Waals surface area contributed by atoms with Crippen molar-refractivity contribution in [3.63, 3.8) is 0 Å². The van der Waals surface area contributed by atoms with E-state index in [0.29, 0.717) is 31.2 Å². The zero-order chi connectivity index (χ0) is 18.9. The quantitative estimate of drug-likeness (QED) is 0.732. The van der Waals surface area contributed by atoms with Gasteiger partial charge in [-0.15, -0.1) is 0 Å². The van der Waals surface area contributed by atoms with Gasteiger partial charge < -0.3 is 19.4 Å². The van der Waals surface area contributed by atoms with E-state index in [1.165, 1.54) is 10.5 Å². The summed E-state index contributed by atoms with van der Waals surface area (Å²) in [6.07, 6.45) is 3.19. The molecule has 2 N–H and O–H groups in total. The van der Waals surface area contributed by atoms with Gasteiger partial charge in [0.15, 0.2) is 17.3 Å².